The number of amides is 1. The quantitative estimate of drug-likeness (QED) is 0.632. The second-order valence-corrected chi connectivity index (χ2v) is 8.29. The number of nitrogens with one attached hydrogen (secondary N) is 2. The smallest absolute Gasteiger partial charge is 0.257 e. The van der Waals surface area contributed by atoms with Crippen LogP contribution in [0.25, 0.3) is 11.3 Å². The van der Waals surface area contributed by atoms with Crippen molar-refractivity contribution in [3.63, 3.8) is 0 Å². The van der Waals surface area contributed by atoms with Crippen molar-refractivity contribution < 1.29 is 14.2 Å². The van der Waals surface area contributed by atoms with Gasteiger partial charge in [0, 0.05) is 17.7 Å². The molecule has 0 aliphatic carbocycles. The molecule has 1 fully saturated rings. The second kappa shape index (κ2) is 9.45. The van der Waals surface area contributed by atoms with Gasteiger partial charge in [0.05, 0.1) is 18.1 Å². The molecule has 1 saturated heterocycles. The predicted molar refractivity (Wildman–Crippen MR) is 118 cm³/mol. The summed E-state index contributed by atoms with van der Waals surface area (Å²) < 4.78 is 5.33. The maximum absolute atomic E-state index is 13.0. The van der Waals surface area contributed by atoms with E-state index < -0.39 is 0 Å². The fourth-order valence-corrected chi connectivity index (χ4v) is 4.37. The van der Waals surface area contributed by atoms with Gasteiger partial charge in [-0.05, 0) is 37.8 Å². The van der Waals surface area contributed by atoms with Gasteiger partial charge in [-0.2, -0.15) is 0 Å². The largest absolute Gasteiger partial charge is 0.360 e. The Morgan fingerprint density at radius 1 is 1.07 bits per heavy atom. The second-order valence-electron chi connectivity index (χ2n) is 7.88. The van der Waals surface area contributed by atoms with Crippen molar-refractivity contribution in [2.45, 2.75) is 39.3 Å². The molecule has 0 saturated carbocycles. The van der Waals surface area contributed by atoms with E-state index in [0.717, 1.165) is 12.1 Å². The molecule has 1 amide bonds. The van der Waals surface area contributed by atoms with Crippen molar-refractivity contribution in [2.24, 2.45) is 0 Å². The summed E-state index contributed by atoms with van der Waals surface area (Å²) in [6.07, 6.45) is 3.94. The van der Waals surface area contributed by atoms with Gasteiger partial charge < -0.3 is 14.7 Å². The van der Waals surface area contributed by atoms with Crippen LogP contribution in [0.2, 0.25) is 5.02 Å². The minimum Gasteiger partial charge on any atom is -0.360 e. The van der Waals surface area contributed by atoms with Crippen LogP contribution in [0.15, 0.2) is 53.1 Å². The van der Waals surface area contributed by atoms with E-state index in [0.29, 0.717) is 34.1 Å². The van der Waals surface area contributed by atoms with E-state index in [9.17, 15) is 4.79 Å². The van der Waals surface area contributed by atoms with Gasteiger partial charge in [0.1, 0.15) is 23.6 Å². The summed E-state index contributed by atoms with van der Waals surface area (Å²) in [6.45, 7) is 5.66. The zero-order valence-electron chi connectivity index (χ0n) is 17.2. The van der Waals surface area contributed by atoms with Crippen LogP contribution in [0.5, 0.6) is 0 Å². The first-order chi connectivity index (χ1) is 14.6. The van der Waals surface area contributed by atoms with Gasteiger partial charge in [-0.25, -0.2) is 0 Å². The highest BCUT2D eigenvalue weighted by Gasteiger charge is 2.23. The van der Waals surface area contributed by atoms with E-state index in [2.05, 4.69) is 28.7 Å². The van der Waals surface area contributed by atoms with Crippen LogP contribution < -0.4 is 10.2 Å². The molecular formula is C24H27ClN3O2+. The number of piperidine rings is 1. The zero-order chi connectivity index (χ0) is 20.9. The van der Waals surface area contributed by atoms with Crippen LogP contribution >= 0.6 is 11.6 Å². The lowest BCUT2D eigenvalue weighted by molar-refractivity contribution is -0.918. The molecule has 0 bridgehead atoms. The summed E-state index contributed by atoms with van der Waals surface area (Å²) in [5, 5.41) is 7.69. The van der Waals surface area contributed by atoms with Crippen LogP contribution in [0.3, 0.4) is 0 Å². The van der Waals surface area contributed by atoms with E-state index in [1.54, 1.807) is 17.9 Å². The highest BCUT2D eigenvalue weighted by molar-refractivity contribution is 6.33. The number of rotatable bonds is 6. The number of carbonyl (C=O) groups is 1. The lowest BCUT2D eigenvalue weighted by Gasteiger charge is -2.24. The molecule has 4 rings (SSSR count). The Kier molecular flexibility index (Phi) is 6.50. The van der Waals surface area contributed by atoms with Gasteiger partial charge in [-0.3, -0.25) is 4.79 Å². The summed E-state index contributed by atoms with van der Waals surface area (Å²) >= 11 is 6.32. The Bertz CT molecular complexity index is 1020. The van der Waals surface area contributed by atoms with Crippen molar-refractivity contribution in [3.8, 4) is 11.3 Å². The van der Waals surface area contributed by atoms with Crippen LogP contribution in [-0.2, 0) is 13.1 Å². The predicted octanol–water partition coefficient (Wildman–Crippen LogP) is 3.80. The molecule has 1 aromatic heterocycles. The standard InChI is InChI=1S/C24H26ClN3O2/c1-17-22(23(27-30-17)20-11-5-6-12-21(20)25)24(29)26-15-18-9-3-4-10-19(18)16-28-13-7-2-8-14-28/h3-6,9-12H,2,7-8,13-16H2,1H3,(H,26,29)/p+1. The highest BCUT2D eigenvalue weighted by Crippen LogP contribution is 2.31. The van der Waals surface area contributed by atoms with Crippen LogP contribution in [0, 0.1) is 6.92 Å². The first-order valence-corrected chi connectivity index (χ1v) is 10.9. The van der Waals surface area contributed by atoms with Crippen molar-refractivity contribution >= 4 is 17.5 Å². The number of quaternary nitrogens is 1. The van der Waals surface area contributed by atoms with Crippen molar-refractivity contribution in [1.29, 1.82) is 0 Å². The number of nitrogens with zero attached hydrogens (tertiary/aromatic N) is 1. The van der Waals surface area contributed by atoms with Crippen molar-refractivity contribution in [1.82, 2.24) is 10.5 Å². The number of aryl methyl sites for hydroxylation is 1. The van der Waals surface area contributed by atoms with Crippen LogP contribution in [0.4, 0.5) is 0 Å². The summed E-state index contributed by atoms with van der Waals surface area (Å²) in [5.41, 5.74) is 4.04. The van der Waals surface area contributed by atoms with Gasteiger partial charge in [-0.1, -0.05) is 59.2 Å². The van der Waals surface area contributed by atoms with Gasteiger partial charge >= 0.3 is 0 Å². The summed E-state index contributed by atoms with van der Waals surface area (Å²) in [7, 11) is 0. The summed E-state index contributed by atoms with van der Waals surface area (Å²) in [6, 6.07) is 15.7. The van der Waals surface area contributed by atoms with E-state index in [4.69, 9.17) is 16.1 Å². The van der Waals surface area contributed by atoms with Crippen molar-refractivity contribution in [2.75, 3.05) is 13.1 Å². The number of likely N-dealkylation sites (tertiary alicyclic amines) is 1. The molecular weight excluding hydrogens is 398 g/mol. The molecule has 6 heteroatoms. The summed E-state index contributed by atoms with van der Waals surface area (Å²) in [5.74, 6) is 0.275. The Morgan fingerprint density at radius 3 is 2.53 bits per heavy atom. The third-order valence-corrected chi connectivity index (χ3v) is 6.11. The van der Waals surface area contributed by atoms with Gasteiger partial charge in [-0.15, -0.1) is 0 Å². The molecule has 2 N–H and O–H groups in total. The normalized spacial score (nSPS) is 14.6. The Balaban J connectivity index is 1.50. The molecule has 30 heavy (non-hydrogen) atoms. The molecule has 1 aliphatic heterocycles. The fourth-order valence-electron chi connectivity index (χ4n) is 4.14. The minimum atomic E-state index is -0.205. The monoisotopic (exact) mass is 424 g/mol. The van der Waals surface area contributed by atoms with Crippen molar-refractivity contribution in [3.05, 3.63) is 76.0 Å². The third kappa shape index (κ3) is 4.58. The first kappa shape index (κ1) is 20.6. The zero-order valence-corrected chi connectivity index (χ0v) is 18.0. The van der Waals surface area contributed by atoms with Crippen LogP contribution in [0.1, 0.15) is 46.5 Å². The van der Waals surface area contributed by atoms with E-state index in [1.807, 2.05) is 24.3 Å². The molecule has 156 valence electrons. The van der Waals surface area contributed by atoms with Crippen LogP contribution in [-0.4, -0.2) is 24.2 Å². The Hall–Kier alpha value is -2.63. The Morgan fingerprint density at radius 2 is 1.77 bits per heavy atom. The van der Waals surface area contributed by atoms with Gasteiger partial charge in [0.15, 0.2) is 0 Å². The number of hydrogen-bond donors (Lipinski definition) is 2. The van der Waals surface area contributed by atoms with E-state index >= 15 is 0 Å². The maximum Gasteiger partial charge on any atom is 0.257 e. The molecule has 1 aliphatic rings. The summed E-state index contributed by atoms with van der Waals surface area (Å²) in [4.78, 5) is 14.7. The number of halogens is 1. The van der Waals surface area contributed by atoms with E-state index in [-0.39, 0.29) is 5.91 Å². The topological polar surface area (TPSA) is 59.6 Å². The highest BCUT2D eigenvalue weighted by atomic mass is 35.5. The Labute approximate surface area is 182 Å². The molecule has 3 aromatic rings. The molecule has 0 spiro atoms. The number of aromatic nitrogens is 1. The number of hydrogen-bond acceptors (Lipinski definition) is 3. The van der Waals surface area contributed by atoms with E-state index in [1.165, 1.54) is 37.9 Å². The molecule has 2 heterocycles. The third-order valence-electron chi connectivity index (χ3n) is 5.78. The minimum absolute atomic E-state index is 0.205. The lowest BCUT2D eigenvalue weighted by atomic mass is 10.0. The molecule has 2 aromatic carbocycles. The number of carbonyl (C=O) groups excluding carboxylic acids is 1. The average Bonchev–Trinajstić information content (AvgIpc) is 3.15. The van der Waals surface area contributed by atoms with Gasteiger partial charge in [0.2, 0.25) is 0 Å². The SMILES string of the molecule is Cc1onc(-c2ccccc2Cl)c1C(=O)NCc1ccccc1C[NH+]1CCCCC1. The fraction of sp³-hybridized carbons (Fsp3) is 0.333. The molecule has 5 nitrogen and oxygen atoms in total. The maximum atomic E-state index is 13.0. The average molecular weight is 425 g/mol. The molecule has 0 radical (unpaired) electrons. The number of benzene rings is 2. The lowest BCUT2D eigenvalue weighted by Crippen LogP contribution is -3.11. The molecule has 0 atom stereocenters. The first-order valence-electron chi connectivity index (χ1n) is 10.5. The van der Waals surface area contributed by atoms with Gasteiger partial charge in [0.25, 0.3) is 5.91 Å². The molecule has 0 unspecified atom stereocenters.